The van der Waals surface area contributed by atoms with Crippen LogP contribution in [0, 0.1) is 11.3 Å². The largest absolute Gasteiger partial charge is 0.487 e. The van der Waals surface area contributed by atoms with Crippen LogP contribution in [0.3, 0.4) is 0 Å². The molecular weight excluding hydrogens is 476 g/mol. The summed E-state index contributed by atoms with van der Waals surface area (Å²) in [4.78, 5) is 26.4. The monoisotopic (exact) mass is 496 g/mol. The molecule has 0 fully saturated rings. The Balaban J connectivity index is 1.54. The fourth-order valence-electron chi connectivity index (χ4n) is 4.77. The quantitative estimate of drug-likeness (QED) is 0.467. The first-order valence-electron chi connectivity index (χ1n) is 11.3. The van der Waals surface area contributed by atoms with Gasteiger partial charge in [0.05, 0.1) is 35.0 Å². The van der Waals surface area contributed by atoms with Crippen LogP contribution in [0.1, 0.15) is 45.5 Å². The van der Waals surface area contributed by atoms with Crippen LogP contribution in [-0.4, -0.2) is 18.9 Å². The second-order valence-corrected chi connectivity index (χ2v) is 8.91. The van der Waals surface area contributed by atoms with Gasteiger partial charge in [-0.15, -0.1) is 0 Å². The zero-order valence-electron chi connectivity index (χ0n) is 19.6. The summed E-state index contributed by atoms with van der Waals surface area (Å²) in [5, 5.41) is 12.9. The number of nitrogens with one attached hydrogen (secondary N) is 1. The Morgan fingerprint density at radius 3 is 2.53 bits per heavy atom. The number of methoxy groups -OCH3 is 1. The number of nitrogens with zero attached hydrogens (tertiary/aromatic N) is 1. The van der Waals surface area contributed by atoms with Crippen molar-refractivity contribution in [2.24, 2.45) is 0 Å². The number of dihydropyridines is 1. The molecule has 1 N–H and O–H groups in total. The molecule has 36 heavy (non-hydrogen) atoms. The molecular formula is C29H21ClN2O4. The van der Waals surface area contributed by atoms with Gasteiger partial charge >= 0.3 is 5.97 Å². The summed E-state index contributed by atoms with van der Waals surface area (Å²) in [6.07, 6.45) is 0. The van der Waals surface area contributed by atoms with E-state index < -0.39 is 11.9 Å². The predicted molar refractivity (Wildman–Crippen MR) is 135 cm³/mol. The van der Waals surface area contributed by atoms with Crippen molar-refractivity contribution in [3.63, 3.8) is 0 Å². The highest BCUT2D eigenvalue weighted by atomic mass is 35.5. The summed E-state index contributed by atoms with van der Waals surface area (Å²) in [5.74, 6) is -0.904. The van der Waals surface area contributed by atoms with Crippen molar-refractivity contribution in [1.29, 1.82) is 5.26 Å². The number of esters is 1. The third-order valence-corrected chi connectivity index (χ3v) is 6.76. The van der Waals surface area contributed by atoms with E-state index in [9.17, 15) is 14.9 Å². The molecule has 1 aliphatic heterocycles. The van der Waals surface area contributed by atoms with Crippen molar-refractivity contribution < 1.29 is 19.1 Å². The van der Waals surface area contributed by atoms with Gasteiger partial charge in [0.25, 0.3) is 0 Å². The van der Waals surface area contributed by atoms with Gasteiger partial charge in [-0.25, -0.2) is 4.79 Å². The summed E-state index contributed by atoms with van der Waals surface area (Å²) in [7, 11) is 1.32. The van der Waals surface area contributed by atoms with E-state index in [1.54, 1.807) is 43.3 Å². The number of Topliss-reactive ketones (excluding diaryl/α,β-unsaturated/α-hetero) is 1. The fourth-order valence-corrected chi connectivity index (χ4v) is 5.01. The molecule has 6 nitrogen and oxygen atoms in total. The molecule has 1 unspecified atom stereocenters. The third-order valence-electron chi connectivity index (χ3n) is 6.46. The number of halogens is 1. The molecule has 2 aliphatic rings. The molecule has 178 valence electrons. The van der Waals surface area contributed by atoms with Crippen molar-refractivity contribution in [1.82, 2.24) is 5.32 Å². The van der Waals surface area contributed by atoms with Crippen LogP contribution >= 0.6 is 11.6 Å². The minimum absolute atomic E-state index is 0.142. The first-order chi connectivity index (χ1) is 17.4. The Bertz CT molecular complexity index is 1530. The number of rotatable bonds is 5. The molecule has 0 saturated heterocycles. The lowest BCUT2D eigenvalue weighted by molar-refractivity contribution is -0.136. The highest BCUT2D eigenvalue weighted by Crippen LogP contribution is 2.47. The van der Waals surface area contributed by atoms with E-state index in [0.29, 0.717) is 50.0 Å². The smallest absolute Gasteiger partial charge is 0.336 e. The van der Waals surface area contributed by atoms with Crippen molar-refractivity contribution >= 4 is 29.1 Å². The number of ether oxygens (including phenoxy) is 2. The summed E-state index contributed by atoms with van der Waals surface area (Å²) < 4.78 is 11.0. The van der Waals surface area contributed by atoms with Crippen molar-refractivity contribution in [2.45, 2.75) is 19.4 Å². The molecule has 7 heteroatoms. The van der Waals surface area contributed by atoms with Gasteiger partial charge in [0.15, 0.2) is 5.78 Å². The van der Waals surface area contributed by atoms with E-state index in [0.717, 1.165) is 11.1 Å². The average molecular weight is 497 g/mol. The van der Waals surface area contributed by atoms with Crippen LogP contribution < -0.4 is 10.1 Å². The minimum atomic E-state index is -0.667. The molecule has 0 saturated carbocycles. The Hall–Kier alpha value is -4.34. The molecule has 1 atom stereocenters. The lowest BCUT2D eigenvalue weighted by Gasteiger charge is -2.29. The third kappa shape index (κ3) is 3.84. The normalized spacial score (nSPS) is 16.2. The van der Waals surface area contributed by atoms with Gasteiger partial charge < -0.3 is 14.8 Å². The first-order valence-corrected chi connectivity index (χ1v) is 11.7. The standard InChI is InChI=1S/C29H21ClN2O4/c1-16-24(29(34)35-2)25(26-27(32-16)20-9-5-6-10-21(20)28(26)33)17-11-12-23(22(30)13-17)36-15-19-8-4-3-7-18(19)14-31/h3-13,25,32H,15H2,1-2H3. The van der Waals surface area contributed by atoms with E-state index in [1.165, 1.54) is 7.11 Å². The summed E-state index contributed by atoms with van der Waals surface area (Å²) in [5.41, 5.74) is 5.46. The van der Waals surface area contributed by atoms with E-state index in [1.807, 2.05) is 30.3 Å². The zero-order valence-corrected chi connectivity index (χ0v) is 20.3. The number of carbonyl (C=O) groups is 2. The first kappa shape index (κ1) is 23.4. The number of fused-ring (bicyclic) bond motifs is 2. The van der Waals surface area contributed by atoms with Crippen LogP contribution in [0.15, 0.2) is 83.6 Å². The number of ketones is 1. The molecule has 5 rings (SSSR count). The van der Waals surface area contributed by atoms with Crippen LogP contribution in [0.5, 0.6) is 5.75 Å². The summed E-state index contributed by atoms with van der Waals surface area (Å²) in [6, 6.07) is 21.9. The Labute approximate surface area is 213 Å². The van der Waals surface area contributed by atoms with Gasteiger partial charge in [-0.2, -0.15) is 5.26 Å². The molecule has 3 aromatic rings. The second-order valence-electron chi connectivity index (χ2n) is 8.50. The van der Waals surface area contributed by atoms with Gasteiger partial charge in [-0.3, -0.25) is 4.79 Å². The van der Waals surface area contributed by atoms with Crippen LogP contribution in [0.2, 0.25) is 5.02 Å². The minimum Gasteiger partial charge on any atom is -0.487 e. The maximum absolute atomic E-state index is 13.5. The molecule has 0 spiro atoms. The summed E-state index contributed by atoms with van der Waals surface area (Å²) >= 11 is 6.62. The highest BCUT2D eigenvalue weighted by Gasteiger charge is 2.42. The van der Waals surface area contributed by atoms with Gasteiger partial charge in [-0.05, 0) is 30.7 Å². The molecule has 3 aromatic carbocycles. The number of benzene rings is 3. The van der Waals surface area contributed by atoms with Gasteiger partial charge in [-0.1, -0.05) is 60.1 Å². The molecule has 1 aliphatic carbocycles. The van der Waals surface area contributed by atoms with E-state index in [-0.39, 0.29) is 12.4 Å². The topological polar surface area (TPSA) is 88.4 Å². The number of allylic oxidation sites excluding steroid dienone is 2. The van der Waals surface area contributed by atoms with Gasteiger partial charge in [0.1, 0.15) is 12.4 Å². The SMILES string of the molecule is COC(=O)C1=C(C)NC2=C(C(=O)c3ccccc32)C1c1ccc(OCc2ccccc2C#N)c(Cl)c1. The maximum atomic E-state index is 13.5. The van der Waals surface area contributed by atoms with Crippen LogP contribution in [0.25, 0.3) is 5.70 Å². The lowest BCUT2D eigenvalue weighted by Crippen LogP contribution is -2.29. The Morgan fingerprint density at radius 2 is 1.81 bits per heavy atom. The number of carbonyl (C=O) groups excluding carboxylic acids is 2. The van der Waals surface area contributed by atoms with E-state index in [4.69, 9.17) is 21.1 Å². The molecule has 0 aromatic heterocycles. The maximum Gasteiger partial charge on any atom is 0.336 e. The Kier molecular flexibility index (Phi) is 6.09. The van der Waals surface area contributed by atoms with Crippen LogP contribution in [0.4, 0.5) is 0 Å². The highest BCUT2D eigenvalue weighted by molar-refractivity contribution is 6.32. The lowest BCUT2D eigenvalue weighted by atomic mass is 9.80. The van der Waals surface area contributed by atoms with Crippen molar-refractivity contribution in [2.75, 3.05) is 7.11 Å². The predicted octanol–water partition coefficient (Wildman–Crippen LogP) is 5.53. The van der Waals surface area contributed by atoms with Gasteiger partial charge in [0, 0.05) is 33.9 Å². The van der Waals surface area contributed by atoms with E-state index in [2.05, 4.69) is 11.4 Å². The van der Waals surface area contributed by atoms with Crippen molar-refractivity contribution in [3.8, 4) is 11.8 Å². The van der Waals surface area contributed by atoms with E-state index >= 15 is 0 Å². The van der Waals surface area contributed by atoms with Gasteiger partial charge in [0.2, 0.25) is 0 Å². The van der Waals surface area contributed by atoms with Crippen molar-refractivity contribution in [3.05, 3.63) is 116 Å². The number of hydrogen-bond donors (Lipinski definition) is 1. The number of hydrogen-bond acceptors (Lipinski definition) is 6. The molecule has 0 bridgehead atoms. The zero-order chi connectivity index (χ0) is 25.4. The molecule has 0 amide bonds. The molecule has 0 radical (unpaired) electrons. The summed E-state index contributed by atoms with van der Waals surface area (Å²) in [6.45, 7) is 1.96. The second kappa shape index (κ2) is 9.37. The van der Waals surface area contributed by atoms with Crippen LogP contribution in [-0.2, 0) is 16.1 Å². The number of nitriles is 1. The fraction of sp³-hybridized carbons (Fsp3) is 0.138. The molecule has 1 heterocycles. The average Bonchev–Trinajstić information content (AvgIpc) is 3.18. The Morgan fingerprint density at radius 1 is 1.08 bits per heavy atom.